The first-order valence-corrected chi connectivity index (χ1v) is 8.95. The summed E-state index contributed by atoms with van der Waals surface area (Å²) in [7, 11) is 0. The summed E-state index contributed by atoms with van der Waals surface area (Å²) in [4.78, 5) is 17.8. The Bertz CT molecular complexity index is 990. The summed E-state index contributed by atoms with van der Waals surface area (Å²) >= 11 is 1.66. The molecule has 1 amide bonds. The average Bonchev–Trinajstić information content (AvgIpc) is 3.40. The third kappa shape index (κ3) is 3.70. The summed E-state index contributed by atoms with van der Waals surface area (Å²) < 4.78 is 3.37. The molecule has 0 fully saturated rings. The van der Waals surface area contributed by atoms with E-state index in [1.165, 1.54) is 4.88 Å². The maximum atomic E-state index is 12.4. The highest BCUT2D eigenvalue weighted by atomic mass is 32.1. The number of anilines is 1. The van der Waals surface area contributed by atoms with E-state index in [1.807, 2.05) is 41.8 Å². The molecular weight excluding hydrogens is 348 g/mol. The highest BCUT2D eigenvalue weighted by molar-refractivity contribution is 7.09. The first-order chi connectivity index (χ1) is 12.8. The fraction of sp³-hybridized carbons (Fsp3) is 0.111. The van der Waals surface area contributed by atoms with E-state index in [0.717, 1.165) is 11.4 Å². The lowest BCUT2D eigenvalue weighted by molar-refractivity contribution is -0.116. The van der Waals surface area contributed by atoms with Crippen LogP contribution in [0.1, 0.15) is 4.88 Å². The van der Waals surface area contributed by atoms with Crippen molar-refractivity contribution in [3.63, 3.8) is 0 Å². The zero-order valence-corrected chi connectivity index (χ0v) is 14.6. The normalized spacial score (nSPS) is 10.8. The SMILES string of the molecule is O=C(Cn1ccc(-c2ccccn2)n1)Nc1ccnn1Cc1cccs1. The van der Waals surface area contributed by atoms with E-state index in [-0.39, 0.29) is 12.5 Å². The van der Waals surface area contributed by atoms with Gasteiger partial charge in [-0.05, 0) is 29.6 Å². The monoisotopic (exact) mass is 364 g/mol. The second kappa shape index (κ2) is 7.32. The van der Waals surface area contributed by atoms with Gasteiger partial charge in [-0.3, -0.25) is 14.5 Å². The van der Waals surface area contributed by atoms with Crippen LogP contribution >= 0.6 is 11.3 Å². The minimum atomic E-state index is -0.159. The van der Waals surface area contributed by atoms with Gasteiger partial charge in [0.05, 0.1) is 18.4 Å². The van der Waals surface area contributed by atoms with Crippen LogP contribution in [0.4, 0.5) is 5.82 Å². The maximum Gasteiger partial charge on any atom is 0.247 e. The zero-order valence-electron chi connectivity index (χ0n) is 13.8. The Morgan fingerprint density at radius 2 is 2.04 bits per heavy atom. The molecule has 0 aliphatic carbocycles. The third-order valence-electron chi connectivity index (χ3n) is 3.74. The molecular formula is C18H16N6OS. The van der Waals surface area contributed by atoms with Crippen molar-refractivity contribution in [3.8, 4) is 11.4 Å². The van der Waals surface area contributed by atoms with Gasteiger partial charge in [0.25, 0.3) is 0 Å². The molecule has 7 nitrogen and oxygen atoms in total. The second-order valence-corrected chi connectivity index (χ2v) is 6.65. The van der Waals surface area contributed by atoms with E-state index in [0.29, 0.717) is 12.4 Å². The molecule has 130 valence electrons. The van der Waals surface area contributed by atoms with Crippen molar-refractivity contribution in [1.29, 1.82) is 0 Å². The average molecular weight is 364 g/mol. The zero-order chi connectivity index (χ0) is 17.8. The number of nitrogens with zero attached hydrogens (tertiary/aromatic N) is 5. The number of hydrogen-bond donors (Lipinski definition) is 1. The Morgan fingerprint density at radius 1 is 1.08 bits per heavy atom. The highest BCUT2D eigenvalue weighted by Crippen LogP contribution is 2.15. The minimum absolute atomic E-state index is 0.122. The van der Waals surface area contributed by atoms with E-state index in [9.17, 15) is 4.79 Å². The predicted molar refractivity (Wildman–Crippen MR) is 99.7 cm³/mol. The van der Waals surface area contributed by atoms with Crippen LogP contribution in [0.3, 0.4) is 0 Å². The molecule has 4 rings (SSSR count). The second-order valence-electron chi connectivity index (χ2n) is 5.62. The largest absolute Gasteiger partial charge is 0.309 e. The molecule has 4 aromatic heterocycles. The number of thiophene rings is 1. The van der Waals surface area contributed by atoms with Crippen molar-refractivity contribution in [2.45, 2.75) is 13.1 Å². The van der Waals surface area contributed by atoms with Gasteiger partial charge >= 0.3 is 0 Å². The van der Waals surface area contributed by atoms with Gasteiger partial charge in [0, 0.05) is 23.3 Å². The number of rotatable bonds is 6. The van der Waals surface area contributed by atoms with E-state index < -0.39 is 0 Å². The molecule has 0 spiro atoms. The summed E-state index contributed by atoms with van der Waals surface area (Å²) in [6.45, 7) is 0.753. The number of carbonyl (C=O) groups is 1. The van der Waals surface area contributed by atoms with Crippen molar-refractivity contribution >= 4 is 23.1 Å². The van der Waals surface area contributed by atoms with Crippen LogP contribution in [0.5, 0.6) is 0 Å². The lowest BCUT2D eigenvalue weighted by Crippen LogP contribution is -2.21. The first-order valence-electron chi connectivity index (χ1n) is 8.07. The van der Waals surface area contributed by atoms with Crippen LogP contribution in [0.25, 0.3) is 11.4 Å². The van der Waals surface area contributed by atoms with Gasteiger partial charge in [0.15, 0.2) is 0 Å². The molecule has 0 aliphatic rings. The Morgan fingerprint density at radius 3 is 2.85 bits per heavy atom. The lowest BCUT2D eigenvalue weighted by Gasteiger charge is -2.08. The van der Waals surface area contributed by atoms with Gasteiger partial charge in [0.2, 0.25) is 5.91 Å². The van der Waals surface area contributed by atoms with Crippen LogP contribution in [-0.4, -0.2) is 30.5 Å². The van der Waals surface area contributed by atoms with Crippen molar-refractivity contribution in [2.75, 3.05) is 5.32 Å². The molecule has 0 unspecified atom stereocenters. The molecule has 4 heterocycles. The highest BCUT2D eigenvalue weighted by Gasteiger charge is 2.10. The molecule has 1 N–H and O–H groups in total. The summed E-state index contributed by atoms with van der Waals surface area (Å²) in [5, 5.41) is 13.6. The molecule has 0 saturated carbocycles. The van der Waals surface area contributed by atoms with Crippen LogP contribution in [0.2, 0.25) is 0 Å². The fourth-order valence-electron chi connectivity index (χ4n) is 2.55. The molecule has 0 bridgehead atoms. The van der Waals surface area contributed by atoms with Gasteiger partial charge in [0.1, 0.15) is 18.1 Å². The molecule has 0 aliphatic heterocycles. The van der Waals surface area contributed by atoms with Gasteiger partial charge < -0.3 is 5.32 Å². The number of pyridine rings is 1. The molecule has 0 radical (unpaired) electrons. The quantitative estimate of drug-likeness (QED) is 0.571. The number of carbonyl (C=O) groups excluding carboxylic acids is 1. The maximum absolute atomic E-state index is 12.4. The number of hydrogen-bond acceptors (Lipinski definition) is 5. The molecule has 0 aromatic carbocycles. The van der Waals surface area contributed by atoms with Crippen LogP contribution < -0.4 is 5.32 Å². The van der Waals surface area contributed by atoms with Crippen molar-refractivity contribution in [2.24, 2.45) is 0 Å². The summed E-state index contributed by atoms with van der Waals surface area (Å²) in [6, 6.07) is 13.3. The van der Waals surface area contributed by atoms with Gasteiger partial charge in [-0.25, -0.2) is 4.68 Å². The molecule has 0 saturated heterocycles. The van der Waals surface area contributed by atoms with Gasteiger partial charge in [-0.1, -0.05) is 12.1 Å². The Hall–Kier alpha value is -3.26. The Balaban J connectivity index is 1.41. The third-order valence-corrected chi connectivity index (χ3v) is 4.60. The van der Waals surface area contributed by atoms with Crippen LogP contribution in [-0.2, 0) is 17.9 Å². The molecule has 4 aromatic rings. The van der Waals surface area contributed by atoms with Crippen LogP contribution in [0.15, 0.2) is 66.4 Å². The van der Waals surface area contributed by atoms with E-state index in [1.54, 1.807) is 45.4 Å². The van der Waals surface area contributed by atoms with Crippen molar-refractivity contribution in [3.05, 3.63) is 71.3 Å². The standard InChI is InChI=1S/C18H16N6OS/c25-18(13-23-10-7-16(22-23)15-5-1-2-8-19-15)21-17-6-9-20-24(17)12-14-4-3-11-26-14/h1-11H,12-13H2,(H,21,25). The van der Waals surface area contributed by atoms with Crippen LogP contribution in [0, 0.1) is 0 Å². The predicted octanol–water partition coefficient (Wildman–Crippen LogP) is 2.89. The number of amides is 1. The van der Waals surface area contributed by atoms with Gasteiger partial charge in [-0.15, -0.1) is 11.3 Å². The lowest BCUT2D eigenvalue weighted by atomic mass is 10.3. The van der Waals surface area contributed by atoms with Crippen molar-refractivity contribution in [1.82, 2.24) is 24.5 Å². The van der Waals surface area contributed by atoms with E-state index in [4.69, 9.17) is 0 Å². The summed E-state index contributed by atoms with van der Waals surface area (Å²) in [6.07, 6.45) is 5.17. The van der Waals surface area contributed by atoms with E-state index in [2.05, 4.69) is 20.5 Å². The number of nitrogens with one attached hydrogen (secondary N) is 1. The summed E-state index contributed by atoms with van der Waals surface area (Å²) in [5.74, 6) is 0.508. The van der Waals surface area contributed by atoms with E-state index >= 15 is 0 Å². The fourth-order valence-corrected chi connectivity index (χ4v) is 3.23. The Labute approximate surface area is 153 Å². The van der Waals surface area contributed by atoms with Gasteiger partial charge in [-0.2, -0.15) is 10.2 Å². The Kier molecular flexibility index (Phi) is 4.57. The topological polar surface area (TPSA) is 77.6 Å². The number of aromatic nitrogens is 5. The summed E-state index contributed by atoms with van der Waals surface area (Å²) in [5.41, 5.74) is 1.52. The first kappa shape index (κ1) is 16.2. The molecule has 26 heavy (non-hydrogen) atoms. The molecule has 8 heteroatoms. The van der Waals surface area contributed by atoms with Crippen molar-refractivity contribution < 1.29 is 4.79 Å². The molecule has 0 atom stereocenters. The minimum Gasteiger partial charge on any atom is -0.309 e. The smallest absolute Gasteiger partial charge is 0.247 e.